The first-order valence-corrected chi connectivity index (χ1v) is 7.76. The molecule has 3 amide bonds. The zero-order valence-electron chi connectivity index (χ0n) is 13.4. The first-order chi connectivity index (χ1) is 9.83. The standard InChI is InChI=1S/C15H29N3O3/c1-11-6-4-5-7-12(11)21-9-8-17-14(20)18-10-15(2,3)13(16)19/h11-12H,4-10H2,1-3H3,(H2,16,19)(H2,17,18,20)/t11-,12+/m0/s1. The van der Waals surface area contributed by atoms with Gasteiger partial charge in [-0.05, 0) is 32.6 Å². The second-order valence-corrected chi connectivity index (χ2v) is 6.53. The van der Waals surface area contributed by atoms with Gasteiger partial charge < -0.3 is 21.1 Å². The number of urea groups is 1. The molecule has 0 heterocycles. The van der Waals surface area contributed by atoms with E-state index in [1.165, 1.54) is 19.3 Å². The van der Waals surface area contributed by atoms with Crippen molar-refractivity contribution in [3.05, 3.63) is 0 Å². The van der Waals surface area contributed by atoms with Gasteiger partial charge in [0.1, 0.15) is 0 Å². The Hall–Kier alpha value is -1.30. The molecule has 0 saturated heterocycles. The van der Waals surface area contributed by atoms with Gasteiger partial charge >= 0.3 is 6.03 Å². The van der Waals surface area contributed by atoms with Crippen molar-refractivity contribution in [2.45, 2.75) is 52.6 Å². The summed E-state index contributed by atoms with van der Waals surface area (Å²) in [5.41, 5.74) is 4.50. The first kappa shape index (κ1) is 17.8. The summed E-state index contributed by atoms with van der Waals surface area (Å²) in [5.74, 6) is 0.168. The summed E-state index contributed by atoms with van der Waals surface area (Å²) >= 11 is 0. The van der Waals surface area contributed by atoms with Crippen molar-refractivity contribution in [3.8, 4) is 0 Å². The van der Waals surface area contributed by atoms with E-state index < -0.39 is 11.3 Å². The fraction of sp³-hybridized carbons (Fsp3) is 0.867. The van der Waals surface area contributed by atoms with Crippen molar-refractivity contribution < 1.29 is 14.3 Å². The maximum atomic E-state index is 11.6. The summed E-state index contributed by atoms with van der Waals surface area (Å²) in [4.78, 5) is 22.7. The molecule has 0 radical (unpaired) electrons. The van der Waals surface area contributed by atoms with Crippen LogP contribution in [0.15, 0.2) is 0 Å². The van der Waals surface area contributed by atoms with E-state index >= 15 is 0 Å². The Morgan fingerprint density at radius 2 is 1.90 bits per heavy atom. The number of primary amides is 1. The Bertz CT molecular complexity index is 358. The minimum absolute atomic E-state index is 0.217. The highest BCUT2D eigenvalue weighted by molar-refractivity contribution is 5.81. The summed E-state index contributed by atoms with van der Waals surface area (Å²) in [5, 5.41) is 5.37. The quantitative estimate of drug-likeness (QED) is 0.620. The molecule has 21 heavy (non-hydrogen) atoms. The molecular weight excluding hydrogens is 270 g/mol. The van der Waals surface area contributed by atoms with Crippen molar-refractivity contribution in [1.82, 2.24) is 10.6 Å². The van der Waals surface area contributed by atoms with Crippen molar-refractivity contribution in [3.63, 3.8) is 0 Å². The molecule has 1 rings (SSSR count). The molecule has 6 nitrogen and oxygen atoms in total. The average molecular weight is 299 g/mol. The fourth-order valence-corrected chi connectivity index (χ4v) is 2.36. The number of hydrogen-bond acceptors (Lipinski definition) is 3. The van der Waals surface area contributed by atoms with Gasteiger partial charge in [-0.25, -0.2) is 4.79 Å². The lowest BCUT2D eigenvalue weighted by Crippen LogP contribution is -2.46. The molecule has 6 heteroatoms. The first-order valence-electron chi connectivity index (χ1n) is 7.76. The molecule has 0 bridgehead atoms. The van der Waals surface area contributed by atoms with Crippen LogP contribution >= 0.6 is 0 Å². The van der Waals surface area contributed by atoms with Gasteiger partial charge in [-0.15, -0.1) is 0 Å². The highest BCUT2D eigenvalue weighted by Gasteiger charge is 2.25. The fourth-order valence-electron chi connectivity index (χ4n) is 2.36. The molecular formula is C15H29N3O3. The number of ether oxygens (including phenoxy) is 1. The zero-order valence-corrected chi connectivity index (χ0v) is 13.4. The van der Waals surface area contributed by atoms with Gasteiger partial charge in [-0.3, -0.25) is 4.79 Å². The molecule has 4 N–H and O–H groups in total. The normalized spacial score (nSPS) is 22.6. The predicted octanol–water partition coefficient (Wildman–Crippen LogP) is 1.39. The second-order valence-electron chi connectivity index (χ2n) is 6.53. The molecule has 1 aliphatic carbocycles. The molecule has 2 atom stereocenters. The second kappa shape index (κ2) is 8.22. The molecule has 0 aromatic rings. The minimum Gasteiger partial charge on any atom is -0.376 e. The van der Waals surface area contributed by atoms with Crippen molar-refractivity contribution in [2.75, 3.05) is 19.7 Å². The van der Waals surface area contributed by atoms with E-state index in [1.807, 2.05) is 0 Å². The molecule has 0 unspecified atom stereocenters. The van der Waals surface area contributed by atoms with Crippen molar-refractivity contribution in [2.24, 2.45) is 17.1 Å². The van der Waals surface area contributed by atoms with Crippen LogP contribution in [0.2, 0.25) is 0 Å². The lowest BCUT2D eigenvalue weighted by atomic mass is 9.88. The molecule has 0 aromatic carbocycles. The maximum Gasteiger partial charge on any atom is 0.314 e. The van der Waals surface area contributed by atoms with E-state index in [0.717, 1.165) is 6.42 Å². The number of hydrogen-bond donors (Lipinski definition) is 3. The Morgan fingerprint density at radius 3 is 2.52 bits per heavy atom. The lowest BCUT2D eigenvalue weighted by Gasteiger charge is -2.28. The molecule has 0 spiro atoms. The molecule has 1 fully saturated rings. The summed E-state index contributed by atoms with van der Waals surface area (Å²) in [7, 11) is 0. The Balaban J connectivity index is 2.12. The maximum absolute atomic E-state index is 11.6. The Kier molecular flexibility index (Phi) is 6.95. The van der Waals surface area contributed by atoms with Crippen LogP contribution in [0.5, 0.6) is 0 Å². The van der Waals surface area contributed by atoms with Crippen LogP contribution in [0.1, 0.15) is 46.5 Å². The molecule has 122 valence electrons. The van der Waals surface area contributed by atoms with Crippen LogP contribution < -0.4 is 16.4 Å². The van der Waals surface area contributed by atoms with Crippen LogP contribution in [0.4, 0.5) is 4.79 Å². The van der Waals surface area contributed by atoms with E-state index in [1.54, 1.807) is 13.8 Å². The van der Waals surface area contributed by atoms with E-state index in [9.17, 15) is 9.59 Å². The number of nitrogens with two attached hydrogens (primary N) is 1. The van der Waals surface area contributed by atoms with E-state index in [0.29, 0.717) is 25.2 Å². The summed E-state index contributed by atoms with van der Waals surface area (Å²) in [6.07, 6.45) is 5.17. The highest BCUT2D eigenvalue weighted by Crippen LogP contribution is 2.25. The number of amides is 3. The smallest absolute Gasteiger partial charge is 0.314 e. The topological polar surface area (TPSA) is 93.4 Å². The Morgan fingerprint density at radius 1 is 1.24 bits per heavy atom. The number of carbonyl (C=O) groups is 2. The SMILES string of the molecule is C[C@H]1CCCC[C@H]1OCCNC(=O)NCC(C)(C)C(N)=O. The van der Waals surface area contributed by atoms with E-state index in [2.05, 4.69) is 17.6 Å². The van der Waals surface area contributed by atoms with Crippen LogP contribution in [0.3, 0.4) is 0 Å². The van der Waals surface area contributed by atoms with Crippen LogP contribution in [-0.4, -0.2) is 37.7 Å². The number of carbonyl (C=O) groups excluding carboxylic acids is 2. The van der Waals surface area contributed by atoms with Crippen molar-refractivity contribution >= 4 is 11.9 Å². The minimum atomic E-state index is -0.745. The van der Waals surface area contributed by atoms with Gasteiger partial charge in [0.2, 0.25) is 5.91 Å². The summed E-state index contributed by atoms with van der Waals surface area (Å²) in [6, 6.07) is -0.301. The number of nitrogens with one attached hydrogen (secondary N) is 2. The highest BCUT2D eigenvalue weighted by atomic mass is 16.5. The molecule has 0 aromatic heterocycles. The molecule has 1 saturated carbocycles. The van der Waals surface area contributed by atoms with Gasteiger partial charge in [0, 0.05) is 13.1 Å². The monoisotopic (exact) mass is 299 g/mol. The molecule has 1 aliphatic rings. The zero-order chi connectivity index (χ0) is 15.9. The average Bonchev–Trinajstić information content (AvgIpc) is 2.43. The Labute approximate surface area is 127 Å². The van der Waals surface area contributed by atoms with Crippen LogP contribution in [-0.2, 0) is 9.53 Å². The number of rotatable bonds is 7. The summed E-state index contributed by atoms with van der Waals surface area (Å²) < 4.78 is 5.81. The van der Waals surface area contributed by atoms with E-state index in [-0.39, 0.29) is 12.6 Å². The third kappa shape index (κ3) is 6.33. The lowest BCUT2D eigenvalue weighted by molar-refractivity contribution is -0.125. The third-order valence-corrected chi connectivity index (χ3v) is 4.11. The van der Waals surface area contributed by atoms with Gasteiger partial charge in [0.15, 0.2) is 0 Å². The van der Waals surface area contributed by atoms with Gasteiger partial charge in [0.05, 0.1) is 18.1 Å². The van der Waals surface area contributed by atoms with E-state index in [4.69, 9.17) is 10.5 Å². The predicted molar refractivity (Wildman–Crippen MR) is 81.7 cm³/mol. The van der Waals surface area contributed by atoms with Crippen molar-refractivity contribution in [1.29, 1.82) is 0 Å². The van der Waals surface area contributed by atoms with Gasteiger partial charge in [0.25, 0.3) is 0 Å². The van der Waals surface area contributed by atoms with Gasteiger partial charge in [-0.2, -0.15) is 0 Å². The largest absolute Gasteiger partial charge is 0.376 e. The van der Waals surface area contributed by atoms with Crippen LogP contribution in [0.25, 0.3) is 0 Å². The molecule has 0 aliphatic heterocycles. The van der Waals surface area contributed by atoms with Gasteiger partial charge in [-0.1, -0.05) is 19.8 Å². The third-order valence-electron chi connectivity index (χ3n) is 4.11. The van der Waals surface area contributed by atoms with Crippen LogP contribution in [0, 0.1) is 11.3 Å². The summed E-state index contributed by atoms with van der Waals surface area (Å²) in [6.45, 7) is 6.81.